The summed E-state index contributed by atoms with van der Waals surface area (Å²) in [4.78, 5) is 0. The summed E-state index contributed by atoms with van der Waals surface area (Å²) in [5.41, 5.74) is 3.88. The van der Waals surface area contributed by atoms with Gasteiger partial charge in [-0.2, -0.15) is 0 Å². The molecule has 15 heavy (non-hydrogen) atoms. The first kappa shape index (κ1) is 10.2. The third-order valence-electron chi connectivity index (χ3n) is 2.76. The monoisotopic (exact) mass is 203 g/mol. The minimum Gasteiger partial charge on any atom is -0.380 e. The van der Waals surface area contributed by atoms with Gasteiger partial charge in [-0.15, -0.1) is 0 Å². The maximum Gasteiger partial charge on any atom is 0.0733 e. The lowest BCUT2D eigenvalue weighted by molar-refractivity contribution is 0.186. The van der Waals surface area contributed by atoms with Gasteiger partial charge >= 0.3 is 0 Å². The van der Waals surface area contributed by atoms with E-state index in [0.29, 0.717) is 6.61 Å². The van der Waals surface area contributed by atoms with Gasteiger partial charge in [0.1, 0.15) is 0 Å². The van der Waals surface area contributed by atoms with Crippen molar-refractivity contribution in [3.63, 3.8) is 0 Å². The Kier molecular flexibility index (Phi) is 2.78. The molecule has 0 aliphatic rings. The fourth-order valence-corrected chi connectivity index (χ4v) is 2.02. The van der Waals surface area contributed by atoms with Crippen molar-refractivity contribution in [2.75, 3.05) is 7.11 Å². The predicted molar refractivity (Wildman–Crippen MR) is 63.1 cm³/mol. The van der Waals surface area contributed by atoms with Crippen LogP contribution in [0.1, 0.15) is 18.1 Å². The molecule has 0 unspecified atom stereocenters. The fourth-order valence-electron chi connectivity index (χ4n) is 2.02. The molecule has 2 aromatic rings. The quantitative estimate of drug-likeness (QED) is 0.747. The van der Waals surface area contributed by atoms with E-state index in [1.54, 1.807) is 7.11 Å². The lowest BCUT2D eigenvalue weighted by atomic mass is 10.1. The number of hydrogen-bond donors (Lipinski definition) is 0. The standard InChI is InChI=1S/C13H17NO/c1-4-14-8-11(9-15-3)12-7-10(2)5-6-13(12)14/h5-8H,4,9H2,1-3H3. The molecule has 1 heterocycles. The predicted octanol–water partition coefficient (Wildman–Crippen LogP) is 3.12. The first-order valence-corrected chi connectivity index (χ1v) is 5.33. The highest BCUT2D eigenvalue weighted by Crippen LogP contribution is 2.23. The fraction of sp³-hybridized carbons (Fsp3) is 0.385. The van der Waals surface area contributed by atoms with Gasteiger partial charge in [0.25, 0.3) is 0 Å². The van der Waals surface area contributed by atoms with Crippen LogP contribution < -0.4 is 0 Å². The van der Waals surface area contributed by atoms with Crippen molar-refractivity contribution in [3.05, 3.63) is 35.5 Å². The summed E-state index contributed by atoms with van der Waals surface area (Å²) >= 11 is 0. The Bertz CT molecular complexity index is 471. The lowest BCUT2D eigenvalue weighted by Gasteiger charge is -2.00. The normalized spacial score (nSPS) is 11.1. The summed E-state index contributed by atoms with van der Waals surface area (Å²) in [6, 6.07) is 6.58. The molecule has 0 radical (unpaired) electrons. The maximum absolute atomic E-state index is 5.22. The minimum atomic E-state index is 0.687. The number of fused-ring (bicyclic) bond motifs is 1. The summed E-state index contributed by atoms with van der Waals surface area (Å²) in [6.45, 7) is 5.98. The van der Waals surface area contributed by atoms with Gasteiger partial charge in [0.15, 0.2) is 0 Å². The van der Waals surface area contributed by atoms with E-state index in [2.05, 4.69) is 42.8 Å². The molecule has 80 valence electrons. The molecule has 0 fully saturated rings. The highest BCUT2D eigenvalue weighted by atomic mass is 16.5. The molecule has 2 rings (SSSR count). The van der Waals surface area contributed by atoms with E-state index in [1.807, 2.05) is 0 Å². The van der Waals surface area contributed by atoms with Gasteiger partial charge in [0.2, 0.25) is 0 Å². The minimum absolute atomic E-state index is 0.687. The molecule has 0 aliphatic carbocycles. The highest BCUT2D eigenvalue weighted by Gasteiger charge is 2.06. The van der Waals surface area contributed by atoms with Gasteiger partial charge in [0, 0.05) is 36.3 Å². The van der Waals surface area contributed by atoms with Crippen molar-refractivity contribution in [1.82, 2.24) is 4.57 Å². The Morgan fingerprint density at radius 2 is 2.13 bits per heavy atom. The number of methoxy groups -OCH3 is 1. The molecule has 0 atom stereocenters. The Labute approximate surface area is 90.5 Å². The van der Waals surface area contributed by atoms with Crippen LogP contribution in [0.25, 0.3) is 10.9 Å². The smallest absolute Gasteiger partial charge is 0.0733 e. The van der Waals surface area contributed by atoms with Gasteiger partial charge in [0.05, 0.1) is 6.61 Å². The second kappa shape index (κ2) is 4.07. The molecule has 2 nitrogen and oxygen atoms in total. The van der Waals surface area contributed by atoms with Crippen molar-refractivity contribution in [2.45, 2.75) is 27.0 Å². The van der Waals surface area contributed by atoms with Gasteiger partial charge in [-0.05, 0) is 26.0 Å². The van der Waals surface area contributed by atoms with Crippen LogP contribution in [-0.2, 0) is 17.9 Å². The largest absolute Gasteiger partial charge is 0.380 e. The van der Waals surface area contributed by atoms with Crippen LogP contribution in [0.15, 0.2) is 24.4 Å². The second-order valence-corrected chi connectivity index (χ2v) is 3.89. The Hall–Kier alpha value is -1.28. The zero-order valence-corrected chi connectivity index (χ0v) is 9.58. The number of ether oxygens (including phenoxy) is 1. The van der Waals surface area contributed by atoms with E-state index in [4.69, 9.17) is 4.74 Å². The first-order chi connectivity index (χ1) is 7.26. The summed E-state index contributed by atoms with van der Waals surface area (Å²) in [7, 11) is 1.74. The Morgan fingerprint density at radius 3 is 2.80 bits per heavy atom. The van der Waals surface area contributed by atoms with E-state index < -0.39 is 0 Å². The average Bonchev–Trinajstić information content (AvgIpc) is 2.57. The zero-order valence-electron chi connectivity index (χ0n) is 9.58. The number of nitrogens with zero attached hydrogens (tertiary/aromatic N) is 1. The van der Waals surface area contributed by atoms with Crippen molar-refractivity contribution >= 4 is 10.9 Å². The van der Waals surface area contributed by atoms with E-state index >= 15 is 0 Å². The molecule has 0 saturated heterocycles. The Balaban J connectivity index is 2.64. The van der Waals surface area contributed by atoms with E-state index in [9.17, 15) is 0 Å². The molecule has 0 saturated carbocycles. The van der Waals surface area contributed by atoms with Crippen LogP contribution in [0.2, 0.25) is 0 Å². The van der Waals surface area contributed by atoms with Crippen LogP contribution in [0, 0.1) is 6.92 Å². The van der Waals surface area contributed by atoms with Crippen LogP contribution >= 0.6 is 0 Å². The van der Waals surface area contributed by atoms with Crippen molar-refractivity contribution in [2.24, 2.45) is 0 Å². The van der Waals surface area contributed by atoms with E-state index in [1.165, 1.54) is 22.0 Å². The van der Waals surface area contributed by atoms with Crippen LogP contribution in [0.5, 0.6) is 0 Å². The lowest BCUT2D eigenvalue weighted by Crippen LogP contribution is -1.90. The summed E-state index contributed by atoms with van der Waals surface area (Å²) in [5.74, 6) is 0. The molecular formula is C13H17NO. The molecule has 0 amide bonds. The number of aryl methyl sites for hydroxylation is 2. The third-order valence-corrected chi connectivity index (χ3v) is 2.76. The van der Waals surface area contributed by atoms with Gasteiger partial charge < -0.3 is 9.30 Å². The molecule has 2 heteroatoms. The van der Waals surface area contributed by atoms with Crippen LogP contribution in [0.4, 0.5) is 0 Å². The molecule has 1 aromatic carbocycles. The number of benzene rings is 1. The van der Waals surface area contributed by atoms with Gasteiger partial charge in [-0.1, -0.05) is 11.6 Å². The van der Waals surface area contributed by atoms with Gasteiger partial charge in [-0.3, -0.25) is 0 Å². The third kappa shape index (κ3) is 1.77. The average molecular weight is 203 g/mol. The van der Waals surface area contributed by atoms with Crippen molar-refractivity contribution in [3.8, 4) is 0 Å². The highest BCUT2D eigenvalue weighted by molar-refractivity contribution is 5.84. The number of hydrogen-bond acceptors (Lipinski definition) is 1. The maximum atomic E-state index is 5.22. The second-order valence-electron chi connectivity index (χ2n) is 3.89. The summed E-state index contributed by atoms with van der Waals surface area (Å²) < 4.78 is 7.49. The van der Waals surface area contributed by atoms with Crippen molar-refractivity contribution in [1.29, 1.82) is 0 Å². The molecule has 1 aromatic heterocycles. The van der Waals surface area contributed by atoms with Gasteiger partial charge in [-0.25, -0.2) is 0 Å². The van der Waals surface area contributed by atoms with E-state index in [0.717, 1.165) is 6.54 Å². The zero-order chi connectivity index (χ0) is 10.8. The van der Waals surface area contributed by atoms with E-state index in [-0.39, 0.29) is 0 Å². The SMILES string of the molecule is CCn1cc(COC)c2cc(C)ccc21. The van der Waals surface area contributed by atoms with Crippen LogP contribution in [-0.4, -0.2) is 11.7 Å². The van der Waals surface area contributed by atoms with Crippen LogP contribution in [0.3, 0.4) is 0 Å². The number of aromatic nitrogens is 1. The molecule has 0 aliphatic heterocycles. The van der Waals surface area contributed by atoms with Crippen molar-refractivity contribution < 1.29 is 4.74 Å². The number of rotatable bonds is 3. The summed E-state index contributed by atoms with van der Waals surface area (Å²) in [6.07, 6.45) is 2.19. The Morgan fingerprint density at radius 1 is 1.33 bits per heavy atom. The molecule has 0 spiro atoms. The molecule has 0 bridgehead atoms. The molecular weight excluding hydrogens is 186 g/mol. The first-order valence-electron chi connectivity index (χ1n) is 5.33. The topological polar surface area (TPSA) is 14.2 Å². The molecule has 0 N–H and O–H groups in total. The summed E-state index contributed by atoms with van der Waals surface area (Å²) in [5, 5.41) is 1.32.